The Morgan fingerprint density at radius 2 is 2.33 bits per heavy atom. The van der Waals surface area contributed by atoms with E-state index in [2.05, 4.69) is 31.0 Å². The van der Waals surface area contributed by atoms with Gasteiger partial charge >= 0.3 is 0 Å². The molecule has 5 heteroatoms. The standard InChI is InChI=1S/C7H5BrN4/c8-6-4-10-7(5-9-6)12-3-1-2-11-12/h1-5H/i1D,2D,3D,4D,5D. The van der Waals surface area contributed by atoms with Crippen LogP contribution in [0.4, 0.5) is 0 Å². The lowest BCUT2D eigenvalue weighted by atomic mass is 10.6. The second-order valence-electron chi connectivity index (χ2n) is 1.82. The van der Waals surface area contributed by atoms with Crippen LogP contribution in [0.25, 0.3) is 5.82 Å². The molecule has 2 heterocycles. The van der Waals surface area contributed by atoms with Crippen molar-refractivity contribution in [3.63, 3.8) is 0 Å². The molecule has 0 saturated carbocycles. The van der Waals surface area contributed by atoms with Gasteiger partial charge < -0.3 is 0 Å². The van der Waals surface area contributed by atoms with E-state index in [0.717, 1.165) is 4.68 Å². The third kappa shape index (κ3) is 1.35. The molecule has 0 atom stereocenters. The van der Waals surface area contributed by atoms with Gasteiger partial charge in [0.15, 0.2) is 5.82 Å². The van der Waals surface area contributed by atoms with E-state index in [-0.39, 0.29) is 41.2 Å². The Hall–Kier alpha value is -1.23. The van der Waals surface area contributed by atoms with Crippen molar-refractivity contribution in [3.05, 3.63) is 35.3 Å². The number of nitrogens with zero attached hydrogens (tertiary/aromatic N) is 4. The van der Waals surface area contributed by atoms with Gasteiger partial charge in [-0.15, -0.1) is 0 Å². The van der Waals surface area contributed by atoms with Gasteiger partial charge in [-0.25, -0.2) is 14.6 Å². The molecule has 2 aromatic rings. The minimum atomic E-state index is -0.384. The zero-order valence-electron chi connectivity index (χ0n) is 10.7. The smallest absolute Gasteiger partial charge is 0.171 e. The van der Waals surface area contributed by atoms with Crippen molar-refractivity contribution in [3.8, 4) is 5.82 Å². The van der Waals surface area contributed by atoms with Crippen molar-refractivity contribution in [1.29, 1.82) is 0 Å². The van der Waals surface area contributed by atoms with E-state index >= 15 is 0 Å². The Balaban J connectivity index is 2.68. The normalized spacial score (nSPS) is 15.9. The molecule has 4 nitrogen and oxygen atoms in total. The second-order valence-corrected chi connectivity index (χ2v) is 2.57. The van der Waals surface area contributed by atoms with Crippen LogP contribution in [-0.2, 0) is 0 Å². The van der Waals surface area contributed by atoms with E-state index in [9.17, 15) is 0 Å². The SMILES string of the molecule is [2H]c1nc(-n2nc([2H])c([2H])c2[2H])c([2H])nc1Br. The van der Waals surface area contributed by atoms with E-state index in [4.69, 9.17) is 6.85 Å². The maximum Gasteiger partial charge on any atom is 0.171 e. The Bertz CT molecular complexity index is 598. The lowest BCUT2D eigenvalue weighted by Gasteiger charge is -1.97. The third-order valence-electron chi connectivity index (χ3n) is 1.08. The minimum Gasteiger partial charge on any atom is -0.244 e. The third-order valence-corrected chi connectivity index (χ3v) is 1.43. The van der Waals surface area contributed by atoms with Crippen LogP contribution in [0.1, 0.15) is 6.85 Å². The molecule has 0 amide bonds. The predicted molar refractivity (Wildman–Crippen MR) is 46.9 cm³/mol. The summed E-state index contributed by atoms with van der Waals surface area (Å²) in [7, 11) is 0. The zero-order chi connectivity index (χ0) is 12.7. The molecular weight excluding hydrogens is 220 g/mol. The summed E-state index contributed by atoms with van der Waals surface area (Å²) in [6.45, 7) is 0. The highest BCUT2D eigenvalue weighted by molar-refractivity contribution is 9.10. The maximum atomic E-state index is 7.57. The van der Waals surface area contributed by atoms with Crippen molar-refractivity contribution in [1.82, 2.24) is 19.7 Å². The van der Waals surface area contributed by atoms with Gasteiger partial charge in [-0.3, -0.25) is 0 Å². The van der Waals surface area contributed by atoms with Crippen LogP contribution in [0.15, 0.2) is 35.3 Å². The van der Waals surface area contributed by atoms with Gasteiger partial charge in [0.25, 0.3) is 0 Å². The van der Waals surface area contributed by atoms with E-state index in [1.165, 1.54) is 0 Å². The topological polar surface area (TPSA) is 43.6 Å². The highest BCUT2D eigenvalue weighted by Gasteiger charge is 1.96. The Labute approximate surface area is 84.4 Å². The molecule has 0 fully saturated rings. The van der Waals surface area contributed by atoms with Crippen molar-refractivity contribution >= 4 is 15.9 Å². The predicted octanol–water partition coefficient (Wildman–Crippen LogP) is 1.42. The van der Waals surface area contributed by atoms with E-state index in [1.807, 2.05) is 0 Å². The maximum absolute atomic E-state index is 7.57. The molecule has 0 N–H and O–H groups in total. The Kier molecular flexibility index (Phi) is 0.920. The molecule has 0 spiro atoms. The van der Waals surface area contributed by atoms with Crippen LogP contribution in [0.5, 0.6) is 0 Å². The highest BCUT2D eigenvalue weighted by atomic mass is 79.9. The molecule has 0 aromatic carbocycles. The summed E-state index contributed by atoms with van der Waals surface area (Å²) in [5.74, 6) is -0.143. The largest absolute Gasteiger partial charge is 0.244 e. The first kappa shape index (κ1) is 3.66. The van der Waals surface area contributed by atoms with Gasteiger partial charge in [-0.2, -0.15) is 5.10 Å². The van der Waals surface area contributed by atoms with E-state index in [1.54, 1.807) is 0 Å². The molecule has 0 aliphatic rings. The molecular formula is C7H5BrN4. The van der Waals surface area contributed by atoms with Gasteiger partial charge in [0.1, 0.15) is 4.60 Å². The van der Waals surface area contributed by atoms with Gasteiger partial charge in [-0.1, -0.05) is 0 Å². The number of halogens is 1. The second kappa shape index (κ2) is 3.02. The van der Waals surface area contributed by atoms with Gasteiger partial charge in [0, 0.05) is 12.3 Å². The summed E-state index contributed by atoms with van der Waals surface area (Å²) >= 11 is 2.96. The number of rotatable bonds is 1. The molecule has 0 saturated heterocycles. The molecule has 2 aromatic heterocycles. The average Bonchev–Trinajstić information content (AvgIpc) is 2.51. The Morgan fingerprint density at radius 3 is 3.08 bits per heavy atom. The van der Waals surface area contributed by atoms with E-state index < -0.39 is 0 Å². The monoisotopic (exact) mass is 229 g/mol. The van der Waals surface area contributed by atoms with Gasteiger partial charge in [0.2, 0.25) is 0 Å². The molecule has 0 aliphatic heterocycles. The lowest BCUT2D eigenvalue weighted by Crippen LogP contribution is -1.97. The fraction of sp³-hybridized carbons (Fsp3) is 0. The van der Waals surface area contributed by atoms with Gasteiger partial charge in [-0.05, 0) is 22.0 Å². The molecule has 2 rings (SSSR count). The van der Waals surface area contributed by atoms with Crippen LogP contribution in [0.3, 0.4) is 0 Å². The number of aromatic nitrogens is 4. The summed E-state index contributed by atoms with van der Waals surface area (Å²) in [5.41, 5.74) is 0. The summed E-state index contributed by atoms with van der Waals surface area (Å²) in [5, 5.41) is 3.60. The van der Waals surface area contributed by atoms with Gasteiger partial charge in [0.05, 0.1) is 19.2 Å². The van der Waals surface area contributed by atoms with Crippen LogP contribution < -0.4 is 0 Å². The quantitative estimate of drug-likeness (QED) is 0.744. The van der Waals surface area contributed by atoms with Crippen LogP contribution in [-0.4, -0.2) is 19.7 Å². The summed E-state index contributed by atoms with van der Waals surface area (Å²) in [6, 6.07) is -0.361. The summed E-state index contributed by atoms with van der Waals surface area (Å²) < 4.78 is 38.2. The highest BCUT2D eigenvalue weighted by Crippen LogP contribution is 2.05. The molecule has 0 aliphatic carbocycles. The summed E-state index contributed by atoms with van der Waals surface area (Å²) in [4.78, 5) is 7.44. The zero-order valence-corrected chi connectivity index (χ0v) is 7.25. The minimum absolute atomic E-state index is 0.113. The van der Waals surface area contributed by atoms with Crippen LogP contribution >= 0.6 is 15.9 Å². The molecule has 60 valence electrons. The molecule has 0 unspecified atom stereocenters. The van der Waals surface area contributed by atoms with Crippen molar-refractivity contribution in [2.24, 2.45) is 0 Å². The first-order valence-electron chi connectivity index (χ1n) is 5.45. The van der Waals surface area contributed by atoms with Crippen molar-refractivity contribution < 1.29 is 6.85 Å². The summed E-state index contributed by atoms with van der Waals surface area (Å²) in [6.07, 6.45) is -1.24. The fourth-order valence-electron chi connectivity index (χ4n) is 0.621. The molecule has 0 radical (unpaired) electrons. The number of hydrogen-bond acceptors (Lipinski definition) is 3. The van der Waals surface area contributed by atoms with E-state index in [0.29, 0.717) is 0 Å². The van der Waals surface area contributed by atoms with Crippen molar-refractivity contribution in [2.45, 2.75) is 0 Å². The fourth-order valence-corrected chi connectivity index (χ4v) is 0.798. The Morgan fingerprint density at radius 1 is 1.42 bits per heavy atom. The molecule has 0 bridgehead atoms. The number of hydrogen-bond donors (Lipinski definition) is 0. The van der Waals surface area contributed by atoms with Crippen LogP contribution in [0.2, 0.25) is 0 Å². The first-order valence-corrected chi connectivity index (χ1v) is 3.75. The first-order chi connectivity index (χ1) is 7.91. The van der Waals surface area contributed by atoms with Crippen molar-refractivity contribution in [2.75, 3.05) is 0 Å². The average molecular weight is 230 g/mol. The van der Waals surface area contributed by atoms with Crippen LogP contribution in [0, 0.1) is 0 Å². The molecule has 12 heavy (non-hydrogen) atoms. The lowest BCUT2D eigenvalue weighted by molar-refractivity contribution is 0.835.